The number of nitrogens with zero attached hydrogens (tertiary/aromatic N) is 1. The number of hydrogen-bond donors (Lipinski definition) is 1. The molecule has 0 atom stereocenters. The fourth-order valence-electron chi connectivity index (χ4n) is 2.11. The van der Waals surface area contributed by atoms with Crippen LogP contribution in [0.5, 0.6) is 0 Å². The molecular weight excluding hydrogens is 224 g/mol. The quantitative estimate of drug-likeness (QED) is 0.876. The zero-order valence-corrected chi connectivity index (χ0v) is 11.2. The molecule has 1 N–H and O–H groups in total. The fraction of sp³-hybridized carbons (Fsp3) is 0.333. The van der Waals surface area contributed by atoms with Crippen molar-refractivity contribution in [3.63, 3.8) is 0 Å². The highest BCUT2D eigenvalue weighted by Gasteiger charge is 2.08. The molecule has 1 heterocycles. The molecular formula is C15H20N2O. The van der Waals surface area contributed by atoms with Gasteiger partial charge in [-0.05, 0) is 37.7 Å². The maximum absolute atomic E-state index is 5.62. The Balaban J connectivity index is 2.15. The molecule has 0 aliphatic rings. The van der Waals surface area contributed by atoms with Crippen LogP contribution in [0.2, 0.25) is 0 Å². The topological polar surface area (TPSA) is 28.4 Å². The van der Waals surface area contributed by atoms with E-state index in [0.717, 1.165) is 24.6 Å². The Bertz CT molecular complexity index is 505. The second kappa shape index (κ2) is 5.74. The average molecular weight is 244 g/mol. The number of benzene rings is 1. The van der Waals surface area contributed by atoms with Crippen molar-refractivity contribution in [3.8, 4) is 0 Å². The molecule has 0 fully saturated rings. The van der Waals surface area contributed by atoms with E-state index in [9.17, 15) is 0 Å². The first-order chi connectivity index (χ1) is 8.70. The lowest BCUT2D eigenvalue weighted by atomic mass is 10.1. The fourth-order valence-corrected chi connectivity index (χ4v) is 2.11. The molecule has 1 aromatic heterocycles. The van der Waals surface area contributed by atoms with Gasteiger partial charge in [0.15, 0.2) is 0 Å². The number of hydrogen-bond acceptors (Lipinski definition) is 3. The summed E-state index contributed by atoms with van der Waals surface area (Å²) in [5.74, 6) is 1.95. The van der Waals surface area contributed by atoms with E-state index < -0.39 is 0 Å². The van der Waals surface area contributed by atoms with Crippen molar-refractivity contribution >= 4 is 5.69 Å². The van der Waals surface area contributed by atoms with Crippen LogP contribution in [-0.4, -0.2) is 14.1 Å². The van der Waals surface area contributed by atoms with Crippen molar-refractivity contribution in [3.05, 3.63) is 53.5 Å². The van der Waals surface area contributed by atoms with E-state index in [4.69, 9.17) is 4.42 Å². The third-order valence-corrected chi connectivity index (χ3v) is 2.96. The lowest BCUT2D eigenvalue weighted by Crippen LogP contribution is -2.19. The highest BCUT2D eigenvalue weighted by molar-refractivity contribution is 5.53. The molecule has 0 unspecified atom stereocenters. The van der Waals surface area contributed by atoms with E-state index in [1.165, 1.54) is 11.3 Å². The maximum atomic E-state index is 5.62. The van der Waals surface area contributed by atoms with Gasteiger partial charge in [0, 0.05) is 19.3 Å². The van der Waals surface area contributed by atoms with Gasteiger partial charge in [0.25, 0.3) is 0 Å². The van der Waals surface area contributed by atoms with Crippen molar-refractivity contribution in [2.24, 2.45) is 0 Å². The molecule has 0 saturated carbocycles. The summed E-state index contributed by atoms with van der Waals surface area (Å²) in [4.78, 5) is 2.21. The molecule has 3 nitrogen and oxygen atoms in total. The predicted octanol–water partition coefficient (Wildman–Crippen LogP) is 2.94. The van der Waals surface area contributed by atoms with Crippen LogP contribution in [0.25, 0.3) is 0 Å². The van der Waals surface area contributed by atoms with E-state index >= 15 is 0 Å². The van der Waals surface area contributed by atoms with Crippen molar-refractivity contribution < 1.29 is 4.42 Å². The third-order valence-electron chi connectivity index (χ3n) is 2.96. The molecule has 0 spiro atoms. The SMILES string of the molecule is CNCc1ccccc1N(C)Cc1ccc(C)o1. The first-order valence-corrected chi connectivity index (χ1v) is 6.19. The number of furan rings is 1. The number of para-hydroxylation sites is 1. The number of nitrogens with one attached hydrogen (secondary N) is 1. The van der Waals surface area contributed by atoms with Gasteiger partial charge in [0.2, 0.25) is 0 Å². The normalized spacial score (nSPS) is 10.6. The molecule has 0 aliphatic carbocycles. The van der Waals surface area contributed by atoms with E-state index in [1.54, 1.807) is 0 Å². The Hall–Kier alpha value is -1.74. The van der Waals surface area contributed by atoms with Gasteiger partial charge in [-0.25, -0.2) is 0 Å². The highest BCUT2D eigenvalue weighted by Crippen LogP contribution is 2.21. The molecule has 2 rings (SSSR count). The standard InChI is InChI=1S/C15H20N2O/c1-12-8-9-14(18-12)11-17(3)15-7-5-4-6-13(15)10-16-2/h4-9,16H,10-11H2,1-3H3. The molecule has 3 heteroatoms. The number of aryl methyl sites for hydroxylation is 1. The van der Waals surface area contributed by atoms with Crippen LogP contribution in [0.3, 0.4) is 0 Å². The first-order valence-electron chi connectivity index (χ1n) is 6.19. The second-order valence-corrected chi connectivity index (χ2v) is 4.53. The first kappa shape index (κ1) is 12.7. The zero-order chi connectivity index (χ0) is 13.0. The Labute approximate surface area is 108 Å². The molecule has 96 valence electrons. The Morgan fingerprint density at radius 1 is 1.17 bits per heavy atom. The summed E-state index contributed by atoms with van der Waals surface area (Å²) in [6, 6.07) is 12.5. The van der Waals surface area contributed by atoms with Crippen LogP contribution in [0, 0.1) is 6.92 Å². The summed E-state index contributed by atoms with van der Waals surface area (Å²) in [6.07, 6.45) is 0. The highest BCUT2D eigenvalue weighted by atomic mass is 16.3. The number of rotatable bonds is 5. The molecule has 0 saturated heterocycles. The van der Waals surface area contributed by atoms with Crippen LogP contribution in [-0.2, 0) is 13.1 Å². The Kier molecular flexibility index (Phi) is 4.05. The Morgan fingerprint density at radius 3 is 2.61 bits per heavy atom. The van der Waals surface area contributed by atoms with Crippen molar-refractivity contribution in [1.29, 1.82) is 0 Å². The van der Waals surface area contributed by atoms with Crippen LogP contribution in [0.1, 0.15) is 17.1 Å². The molecule has 2 aromatic rings. The average Bonchev–Trinajstić information content (AvgIpc) is 2.76. The third kappa shape index (κ3) is 2.93. The molecule has 1 aromatic carbocycles. The van der Waals surface area contributed by atoms with Gasteiger partial charge in [-0.2, -0.15) is 0 Å². The smallest absolute Gasteiger partial charge is 0.123 e. The van der Waals surface area contributed by atoms with Gasteiger partial charge in [0.05, 0.1) is 6.54 Å². The lowest BCUT2D eigenvalue weighted by Gasteiger charge is -2.21. The van der Waals surface area contributed by atoms with E-state index in [1.807, 2.05) is 26.1 Å². The minimum absolute atomic E-state index is 0.786. The van der Waals surface area contributed by atoms with Gasteiger partial charge >= 0.3 is 0 Å². The molecule has 0 bridgehead atoms. The molecule has 0 aliphatic heterocycles. The van der Waals surface area contributed by atoms with Crippen molar-refractivity contribution in [2.75, 3.05) is 19.0 Å². The molecule has 18 heavy (non-hydrogen) atoms. The van der Waals surface area contributed by atoms with Gasteiger partial charge in [0.1, 0.15) is 11.5 Å². The summed E-state index contributed by atoms with van der Waals surface area (Å²) in [5.41, 5.74) is 2.53. The van der Waals surface area contributed by atoms with Crippen LogP contribution < -0.4 is 10.2 Å². The largest absolute Gasteiger partial charge is 0.464 e. The van der Waals surface area contributed by atoms with Gasteiger partial charge in [-0.15, -0.1) is 0 Å². The summed E-state index contributed by atoms with van der Waals surface area (Å²) in [5, 5.41) is 3.20. The summed E-state index contributed by atoms with van der Waals surface area (Å²) < 4.78 is 5.62. The maximum Gasteiger partial charge on any atom is 0.123 e. The monoisotopic (exact) mass is 244 g/mol. The minimum atomic E-state index is 0.786. The predicted molar refractivity (Wildman–Crippen MR) is 74.8 cm³/mol. The van der Waals surface area contributed by atoms with Gasteiger partial charge in [-0.3, -0.25) is 0 Å². The zero-order valence-electron chi connectivity index (χ0n) is 11.2. The molecule has 0 amide bonds. The molecule has 0 radical (unpaired) electrons. The van der Waals surface area contributed by atoms with Crippen LogP contribution in [0.15, 0.2) is 40.8 Å². The summed E-state index contributed by atoms with van der Waals surface area (Å²) >= 11 is 0. The second-order valence-electron chi connectivity index (χ2n) is 4.53. The number of anilines is 1. The van der Waals surface area contributed by atoms with E-state index in [-0.39, 0.29) is 0 Å². The van der Waals surface area contributed by atoms with Gasteiger partial charge < -0.3 is 14.6 Å². The summed E-state index contributed by atoms with van der Waals surface area (Å²) in [6.45, 7) is 3.63. The minimum Gasteiger partial charge on any atom is -0.464 e. The van der Waals surface area contributed by atoms with E-state index in [0.29, 0.717) is 0 Å². The summed E-state index contributed by atoms with van der Waals surface area (Å²) in [7, 11) is 4.05. The van der Waals surface area contributed by atoms with Crippen molar-refractivity contribution in [2.45, 2.75) is 20.0 Å². The lowest BCUT2D eigenvalue weighted by molar-refractivity contribution is 0.481. The van der Waals surface area contributed by atoms with Crippen LogP contribution >= 0.6 is 0 Å². The Morgan fingerprint density at radius 2 is 1.94 bits per heavy atom. The van der Waals surface area contributed by atoms with Gasteiger partial charge in [-0.1, -0.05) is 18.2 Å². The van der Waals surface area contributed by atoms with Crippen LogP contribution in [0.4, 0.5) is 5.69 Å². The van der Waals surface area contributed by atoms with Crippen molar-refractivity contribution in [1.82, 2.24) is 5.32 Å². The van der Waals surface area contributed by atoms with E-state index in [2.05, 4.69) is 41.5 Å².